The Balaban J connectivity index is 2.30. The predicted molar refractivity (Wildman–Crippen MR) is 64.7 cm³/mol. The van der Waals surface area contributed by atoms with Crippen LogP contribution in [0, 0.1) is 5.41 Å². The van der Waals surface area contributed by atoms with Crippen LogP contribution < -0.4 is 0 Å². The fourth-order valence-corrected chi connectivity index (χ4v) is 3.53. The summed E-state index contributed by atoms with van der Waals surface area (Å²) in [6, 6.07) is 0. The lowest BCUT2D eigenvalue weighted by Crippen LogP contribution is -2.54. The minimum atomic E-state index is -1.60. The van der Waals surface area contributed by atoms with E-state index in [1.165, 1.54) is 0 Å². The first kappa shape index (κ1) is 13.6. The van der Waals surface area contributed by atoms with Crippen LogP contribution in [0.15, 0.2) is 0 Å². The summed E-state index contributed by atoms with van der Waals surface area (Å²) in [6.07, 6.45) is -1.10. The Bertz CT molecular complexity index is 387. The molecule has 0 aromatic carbocycles. The summed E-state index contributed by atoms with van der Waals surface area (Å²) in [7, 11) is 0. The van der Waals surface area contributed by atoms with Gasteiger partial charge in [-0.1, -0.05) is 15.9 Å². The highest BCUT2D eigenvalue weighted by atomic mass is 79.9. The first-order valence-corrected chi connectivity index (χ1v) is 6.91. The fraction of sp³-hybridized carbons (Fsp3) is 0.818. The Morgan fingerprint density at radius 3 is 2.39 bits per heavy atom. The molecule has 1 saturated heterocycles. The van der Waals surface area contributed by atoms with E-state index < -0.39 is 23.8 Å². The highest BCUT2D eigenvalue weighted by Crippen LogP contribution is 2.55. The van der Waals surface area contributed by atoms with Crippen molar-refractivity contribution in [3.8, 4) is 0 Å². The number of amides is 1. The van der Waals surface area contributed by atoms with Crippen LogP contribution in [0.25, 0.3) is 0 Å². The molecule has 1 saturated carbocycles. The van der Waals surface area contributed by atoms with Gasteiger partial charge in [0.15, 0.2) is 0 Å². The molecular formula is C11H15BrFNO4. The van der Waals surface area contributed by atoms with Crippen molar-refractivity contribution in [1.29, 1.82) is 0 Å². The zero-order valence-electron chi connectivity index (χ0n) is 9.73. The summed E-state index contributed by atoms with van der Waals surface area (Å²) < 4.78 is 13.5. The van der Waals surface area contributed by atoms with Gasteiger partial charge < -0.3 is 10.2 Å². The molecule has 1 aliphatic heterocycles. The molecule has 7 heteroatoms. The second kappa shape index (κ2) is 4.36. The molecule has 5 nitrogen and oxygen atoms in total. The molecule has 1 amide bonds. The van der Waals surface area contributed by atoms with Crippen molar-refractivity contribution in [2.24, 2.45) is 5.41 Å². The molecule has 18 heavy (non-hydrogen) atoms. The Morgan fingerprint density at radius 1 is 1.39 bits per heavy atom. The molecule has 0 aromatic heterocycles. The van der Waals surface area contributed by atoms with Crippen LogP contribution in [0.5, 0.6) is 0 Å². The van der Waals surface area contributed by atoms with Crippen LogP contribution in [0.2, 0.25) is 0 Å². The zero-order chi connectivity index (χ0) is 13.6. The fourth-order valence-electron chi connectivity index (χ4n) is 2.78. The summed E-state index contributed by atoms with van der Waals surface area (Å²) >= 11 is 3.33. The number of likely N-dealkylation sites (tertiary alicyclic amines) is 1. The van der Waals surface area contributed by atoms with Crippen LogP contribution in [-0.2, 0) is 4.79 Å². The third kappa shape index (κ3) is 2.08. The number of nitrogens with zero attached hydrogens (tertiary/aromatic N) is 1. The number of halogens is 2. The van der Waals surface area contributed by atoms with Gasteiger partial charge in [0.25, 0.3) is 0 Å². The molecular weight excluding hydrogens is 309 g/mol. The normalized spacial score (nSPS) is 33.4. The molecule has 1 aliphatic carbocycles. The van der Waals surface area contributed by atoms with Crippen LogP contribution in [0.4, 0.5) is 9.18 Å². The van der Waals surface area contributed by atoms with E-state index in [0.29, 0.717) is 5.33 Å². The molecule has 102 valence electrons. The first-order valence-electron chi connectivity index (χ1n) is 5.79. The van der Waals surface area contributed by atoms with Gasteiger partial charge in [-0.05, 0) is 24.7 Å². The molecule has 0 spiro atoms. The van der Waals surface area contributed by atoms with E-state index in [0.717, 1.165) is 17.7 Å². The maximum Gasteiger partial charge on any atom is 0.408 e. The molecule has 2 atom stereocenters. The van der Waals surface area contributed by atoms with Crippen LogP contribution in [0.3, 0.4) is 0 Å². The van der Waals surface area contributed by atoms with E-state index in [4.69, 9.17) is 5.11 Å². The number of hydrogen-bond donors (Lipinski definition) is 2. The van der Waals surface area contributed by atoms with E-state index in [2.05, 4.69) is 15.9 Å². The van der Waals surface area contributed by atoms with E-state index >= 15 is 0 Å². The highest BCUT2D eigenvalue weighted by molar-refractivity contribution is 9.09. The average molecular weight is 324 g/mol. The van der Waals surface area contributed by atoms with Gasteiger partial charge in [-0.15, -0.1) is 0 Å². The first-order chi connectivity index (χ1) is 8.35. The number of aliphatic carboxylic acids is 1. The van der Waals surface area contributed by atoms with Crippen LogP contribution in [0.1, 0.15) is 25.7 Å². The molecule has 0 aromatic rings. The van der Waals surface area contributed by atoms with Gasteiger partial charge in [0.1, 0.15) is 11.7 Å². The van der Waals surface area contributed by atoms with Crippen molar-refractivity contribution in [2.45, 2.75) is 37.4 Å². The monoisotopic (exact) mass is 323 g/mol. The molecule has 2 fully saturated rings. The maximum absolute atomic E-state index is 13.5. The van der Waals surface area contributed by atoms with Crippen molar-refractivity contribution in [3.05, 3.63) is 0 Å². The topological polar surface area (TPSA) is 77.8 Å². The molecule has 2 rings (SSSR count). The Hall–Kier alpha value is -0.850. The third-order valence-corrected chi connectivity index (χ3v) is 5.18. The van der Waals surface area contributed by atoms with E-state index in [-0.39, 0.29) is 24.8 Å². The quantitative estimate of drug-likeness (QED) is 0.776. The van der Waals surface area contributed by atoms with Crippen molar-refractivity contribution in [3.63, 3.8) is 0 Å². The number of carboxylic acids is 1. The average Bonchev–Trinajstić information content (AvgIpc) is 2.96. The number of hydrogen-bond acceptors (Lipinski definition) is 2. The van der Waals surface area contributed by atoms with Gasteiger partial charge in [0, 0.05) is 11.8 Å². The van der Waals surface area contributed by atoms with Gasteiger partial charge in [-0.2, -0.15) is 0 Å². The highest BCUT2D eigenvalue weighted by Gasteiger charge is 2.60. The molecule has 2 N–H and O–H groups in total. The molecule has 0 radical (unpaired) electrons. The van der Waals surface area contributed by atoms with Crippen molar-refractivity contribution in [2.75, 3.05) is 11.9 Å². The minimum Gasteiger partial charge on any atom is -0.479 e. The van der Waals surface area contributed by atoms with Gasteiger partial charge in [0.05, 0.1) is 6.54 Å². The van der Waals surface area contributed by atoms with E-state index in [1.807, 2.05) is 0 Å². The molecule has 1 heterocycles. The number of rotatable bonds is 4. The Morgan fingerprint density at radius 2 is 2.00 bits per heavy atom. The summed E-state index contributed by atoms with van der Waals surface area (Å²) in [5.41, 5.74) is -1.79. The lowest BCUT2D eigenvalue weighted by atomic mass is 9.84. The van der Waals surface area contributed by atoms with Gasteiger partial charge >= 0.3 is 12.1 Å². The summed E-state index contributed by atoms with van der Waals surface area (Å²) in [6.45, 7) is -0.347. The summed E-state index contributed by atoms with van der Waals surface area (Å²) in [5, 5.41) is 19.1. The Labute approximate surface area is 112 Å². The lowest BCUT2D eigenvalue weighted by Gasteiger charge is -2.35. The molecule has 0 unspecified atom stereocenters. The van der Waals surface area contributed by atoms with Crippen LogP contribution in [-0.4, -0.2) is 50.8 Å². The van der Waals surface area contributed by atoms with Gasteiger partial charge in [-0.25, -0.2) is 14.0 Å². The SMILES string of the molecule is O=C(O)N1C[C@H](F)C[C@]1(CC1(CBr)CC1)C(=O)O. The molecule has 2 aliphatic rings. The van der Waals surface area contributed by atoms with E-state index in [1.54, 1.807) is 0 Å². The number of carboxylic acid groups (broad SMARTS) is 2. The summed E-state index contributed by atoms with van der Waals surface area (Å²) in [5.74, 6) is -1.24. The lowest BCUT2D eigenvalue weighted by molar-refractivity contribution is -0.150. The maximum atomic E-state index is 13.5. The second-order valence-corrected chi connectivity index (χ2v) is 5.90. The second-order valence-electron chi connectivity index (χ2n) is 5.34. The number of alkyl halides is 2. The predicted octanol–water partition coefficient (Wildman–Crippen LogP) is 2.10. The molecule has 0 bridgehead atoms. The van der Waals surface area contributed by atoms with Crippen LogP contribution >= 0.6 is 15.9 Å². The van der Waals surface area contributed by atoms with Gasteiger partial charge in [0.2, 0.25) is 0 Å². The largest absolute Gasteiger partial charge is 0.479 e. The van der Waals surface area contributed by atoms with Crippen molar-refractivity contribution < 1.29 is 24.2 Å². The van der Waals surface area contributed by atoms with Crippen molar-refractivity contribution >= 4 is 28.0 Å². The van der Waals surface area contributed by atoms with Gasteiger partial charge in [-0.3, -0.25) is 4.90 Å². The third-order valence-electron chi connectivity index (χ3n) is 3.99. The smallest absolute Gasteiger partial charge is 0.408 e. The minimum absolute atomic E-state index is 0.184. The standard InChI is InChI=1S/C11H15BrFNO4/c12-6-10(1-2-10)5-11(8(15)16)3-7(13)4-14(11)9(17)18/h7H,1-6H2,(H,15,16)(H,17,18)/t7-,11+/m1/s1. The Kier molecular flexibility index (Phi) is 3.29. The van der Waals surface area contributed by atoms with Crippen molar-refractivity contribution in [1.82, 2.24) is 4.90 Å². The zero-order valence-corrected chi connectivity index (χ0v) is 11.3. The summed E-state index contributed by atoms with van der Waals surface area (Å²) in [4.78, 5) is 23.4. The van der Waals surface area contributed by atoms with E-state index in [9.17, 15) is 19.1 Å². The number of carbonyl (C=O) groups is 2.